The minimum Gasteiger partial charge on any atom is -0.447 e. The molecule has 0 aliphatic carbocycles. The summed E-state index contributed by atoms with van der Waals surface area (Å²) in [5, 5.41) is 9.32. The van der Waals surface area contributed by atoms with E-state index in [1.807, 2.05) is 0 Å². The Labute approximate surface area is 83.6 Å². The van der Waals surface area contributed by atoms with Crippen LogP contribution in [-0.4, -0.2) is 55.6 Å². The molecule has 0 radical (unpaired) electrons. The fourth-order valence-electron chi connectivity index (χ4n) is 1.27. The number of ether oxygens (including phenoxy) is 2. The largest absolute Gasteiger partial charge is 0.447 e. The highest BCUT2D eigenvalue weighted by Gasteiger charge is 2.22. The average Bonchev–Trinajstić information content (AvgIpc) is 2.14. The second-order valence-corrected chi connectivity index (χ2v) is 3.64. The first-order valence-electron chi connectivity index (χ1n) is 4.73. The maximum Gasteiger partial charge on any atom is 0.409 e. The summed E-state index contributed by atoms with van der Waals surface area (Å²) in [6, 6.07) is 0. The fraction of sp³-hybridized carbons (Fsp3) is 0.889. The minimum absolute atomic E-state index is 0.164. The van der Waals surface area contributed by atoms with E-state index in [-0.39, 0.29) is 24.9 Å². The summed E-state index contributed by atoms with van der Waals surface area (Å²) in [5.41, 5.74) is 0. The molecule has 0 bridgehead atoms. The lowest BCUT2D eigenvalue weighted by atomic mass is 10.1. The van der Waals surface area contributed by atoms with Gasteiger partial charge in [0.15, 0.2) is 0 Å². The van der Waals surface area contributed by atoms with Crippen LogP contribution in [0.25, 0.3) is 0 Å². The van der Waals surface area contributed by atoms with Crippen LogP contribution in [0, 0.1) is 0 Å². The van der Waals surface area contributed by atoms with Crippen molar-refractivity contribution in [2.24, 2.45) is 0 Å². The van der Waals surface area contributed by atoms with Gasteiger partial charge in [-0.15, -0.1) is 0 Å². The third-order valence-corrected chi connectivity index (χ3v) is 2.10. The predicted octanol–water partition coefficient (Wildman–Crippen LogP) is 0.224. The molecule has 2 unspecified atom stereocenters. The normalized spacial score (nSPS) is 27.1. The molecular weight excluding hydrogens is 186 g/mol. The van der Waals surface area contributed by atoms with Gasteiger partial charge < -0.3 is 19.5 Å². The number of carbonyl (C=O) groups is 1. The van der Waals surface area contributed by atoms with E-state index in [1.54, 1.807) is 14.1 Å². The number of hydrogen-bond donors (Lipinski definition) is 1. The molecule has 0 aromatic carbocycles. The molecule has 1 amide bonds. The summed E-state index contributed by atoms with van der Waals surface area (Å²) in [6.45, 7) is 0.749. The van der Waals surface area contributed by atoms with Gasteiger partial charge in [0.1, 0.15) is 6.61 Å². The van der Waals surface area contributed by atoms with E-state index in [1.165, 1.54) is 4.90 Å². The quantitative estimate of drug-likeness (QED) is 0.697. The first-order valence-corrected chi connectivity index (χ1v) is 4.73. The lowest BCUT2D eigenvalue weighted by Gasteiger charge is -2.26. The van der Waals surface area contributed by atoms with Gasteiger partial charge in [-0.25, -0.2) is 4.79 Å². The van der Waals surface area contributed by atoms with Crippen molar-refractivity contribution < 1.29 is 19.4 Å². The van der Waals surface area contributed by atoms with E-state index in [9.17, 15) is 9.90 Å². The smallest absolute Gasteiger partial charge is 0.409 e. The summed E-state index contributed by atoms with van der Waals surface area (Å²) in [5.74, 6) is 0. The van der Waals surface area contributed by atoms with Gasteiger partial charge in [0.25, 0.3) is 0 Å². The van der Waals surface area contributed by atoms with Crippen LogP contribution in [0.2, 0.25) is 0 Å². The van der Waals surface area contributed by atoms with Crippen molar-refractivity contribution in [1.29, 1.82) is 0 Å². The Balaban J connectivity index is 2.20. The molecule has 14 heavy (non-hydrogen) atoms. The molecular formula is C9H17NO4. The van der Waals surface area contributed by atoms with Gasteiger partial charge in [0.2, 0.25) is 0 Å². The van der Waals surface area contributed by atoms with Crippen molar-refractivity contribution in [1.82, 2.24) is 4.90 Å². The summed E-state index contributed by atoms with van der Waals surface area (Å²) < 4.78 is 10.3. The van der Waals surface area contributed by atoms with E-state index in [0.29, 0.717) is 19.4 Å². The van der Waals surface area contributed by atoms with Crippen LogP contribution in [0.5, 0.6) is 0 Å². The highest BCUT2D eigenvalue weighted by molar-refractivity contribution is 5.66. The Morgan fingerprint density at radius 1 is 1.64 bits per heavy atom. The minimum atomic E-state index is -0.381. The molecule has 1 aliphatic heterocycles. The van der Waals surface area contributed by atoms with E-state index >= 15 is 0 Å². The van der Waals surface area contributed by atoms with Gasteiger partial charge in [-0.1, -0.05) is 0 Å². The number of nitrogens with zero attached hydrogens (tertiary/aromatic N) is 1. The molecule has 1 fully saturated rings. The van der Waals surface area contributed by atoms with Crippen LogP contribution in [0.3, 0.4) is 0 Å². The number of hydrogen-bond acceptors (Lipinski definition) is 4. The first kappa shape index (κ1) is 11.3. The van der Waals surface area contributed by atoms with Gasteiger partial charge >= 0.3 is 6.09 Å². The predicted molar refractivity (Wildman–Crippen MR) is 50.0 cm³/mol. The molecule has 0 aromatic rings. The van der Waals surface area contributed by atoms with Crippen molar-refractivity contribution in [3.8, 4) is 0 Å². The third kappa shape index (κ3) is 3.51. The van der Waals surface area contributed by atoms with Gasteiger partial charge in [0.05, 0.1) is 12.2 Å². The van der Waals surface area contributed by atoms with Gasteiger partial charge in [-0.3, -0.25) is 0 Å². The lowest BCUT2D eigenvalue weighted by molar-refractivity contribution is -0.0683. The fourth-order valence-corrected chi connectivity index (χ4v) is 1.27. The SMILES string of the molecule is CN(C)C(=O)OCC1CC(O)CCO1. The van der Waals surface area contributed by atoms with Crippen LogP contribution >= 0.6 is 0 Å². The highest BCUT2D eigenvalue weighted by atomic mass is 16.6. The third-order valence-electron chi connectivity index (χ3n) is 2.10. The van der Waals surface area contributed by atoms with Crippen molar-refractivity contribution >= 4 is 6.09 Å². The van der Waals surface area contributed by atoms with E-state index in [4.69, 9.17) is 9.47 Å². The topological polar surface area (TPSA) is 59.0 Å². The average molecular weight is 203 g/mol. The maximum absolute atomic E-state index is 11.1. The number of rotatable bonds is 2. The first-order chi connectivity index (χ1) is 6.59. The number of amides is 1. The molecule has 5 nitrogen and oxygen atoms in total. The molecule has 5 heteroatoms. The summed E-state index contributed by atoms with van der Waals surface area (Å²) >= 11 is 0. The lowest BCUT2D eigenvalue weighted by Crippen LogP contribution is -2.34. The van der Waals surface area contributed by atoms with Crippen molar-refractivity contribution in [2.45, 2.75) is 25.0 Å². The summed E-state index contributed by atoms with van der Waals surface area (Å²) in [4.78, 5) is 12.4. The Bertz CT molecular complexity index is 195. The summed E-state index contributed by atoms with van der Waals surface area (Å²) in [6.07, 6.45) is 0.335. The molecule has 2 atom stereocenters. The number of aliphatic hydroxyl groups excluding tert-OH is 1. The molecule has 1 saturated heterocycles. The molecule has 1 rings (SSSR count). The van der Waals surface area contributed by atoms with Crippen molar-refractivity contribution in [3.05, 3.63) is 0 Å². The second-order valence-electron chi connectivity index (χ2n) is 3.64. The van der Waals surface area contributed by atoms with Crippen LogP contribution < -0.4 is 0 Å². The molecule has 1 aliphatic rings. The Morgan fingerprint density at radius 2 is 2.36 bits per heavy atom. The number of aliphatic hydroxyl groups is 1. The summed E-state index contributed by atoms with van der Waals surface area (Å²) in [7, 11) is 3.25. The molecule has 1 N–H and O–H groups in total. The van der Waals surface area contributed by atoms with E-state index in [0.717, 1.165) is 0 Å². The van der Waals surface area contributed by atoms with Crippen LogP contribution in [0.15, 0.2) is 0 Å². The second kappa shape index (κ2) is 5.17. The van der Waals surface area contributed by atoms with E-state index in [2.05, 4.69) is 0 Å². The monoisotopic (exact) mass is 203 g/mol. The van der Waals surface area contributed by atoms with Crippen LogP contribution in [0.1, 0.15) is 12.8 Å². The Morgan fingerprint density at radius 3 is 2.93 bits per heavy atom. The molecule has 82 valence electrons. The molecule has 1 heterocycles. The maximum atomic E-state index is 11.1. The van der Waals surface area contributed by atoms with E-state index < -0.39 is 0 Å². The molecule has 0 spiro atoms. The molecule has 0 aromatic heterocycles. The molecule has 0 saturated carbocycles. The zero-order valence-corrected chi connectivity index (χ0v) is 8.60. The Kier molecular flexibility index (Phi) is 4.16. The van der Waals surface area contributed by atoms with Crippen molar-refractivity contribution in [2.75, 3.05) is 27.3 Å². The highest BCUT2D eigenvalue weighted by Crippen LogP contribution is 2.13. The van der Waals surface area contributed by atoms with Crippen LogP contribution in [0.4, 0.5) is 4.79 Å². The zero-order valence-electron chi connectivity index (χ0n) is 8.60. The Hall–Kier alpha value is -0.810. The standard InChI is InChI=1S/C9H17NO4/c1-10(2)9(12)14-6-8-5-7(11)3-4-13-8/h7-8,11H,3-6H2,1-2H3. The van der Waals surface area contributed by atoms with Gasteiger partial charge in [-0.05, 0) is 6.42 Å². The van der Waals surface area contributed by atoms with Crippen LogP contribution in [-0.2, 0) is 9.47 Å². The number of carbonyl (C=O) groups excluding carboxylic acids is 1. The zero-order chi connectivity index (χ0) is 10.6. The van der Waals surface area contributed by atoms with Crippen molar-refractivity contribution in [3.63, 3.8) is 0 Å². The van der Waals surface area contributed by atoms with Gasteiger partial charge in [-0.2, -0.15) is 0 Å². The van der Waals surface area contributed by atoms with Gasteiger partial charge in [0, 0.05) is 27.1 Å².